The third kappa shape index (κ3) is 9.12. The van der Waals surface area contributed by atoms with Crippen LogP contribution in [0, 0.1) is 5.92 Å². The number of imide groups is 1. The van der Waals surface area contributed by atoms with Gasteiger partial charge in [0.25, 0.3) is 0 Å². The van der Waals surface area contributed by atoms with Gasteiger partial charge < -0.3 is 20.7 Å². The van der Waals surface area contributed by atoms with Gasteiger partial charge >= 0.3 is 0 Å². The van der Waals surface area contributed by atoms with Crippen LogP contribution in [0.4, 0.5) is 0 Å². The Morgan fingerprint density at radius 3 is 2.40 bits per heavy atom. The minimum atomic E-state index is -0.934. The molecule has 0 radical (unpaired) electrons. The second-order valence-corrected chi connectivity index (χ2v) is 11.2. The summed E-state index contributed by atoms with van der Waals surface area (Å²) in [5, 5.41) is 11.8. The second kappa shape index (κ2) is 16.8. The molecule has 1 aliphatic rings. The highest BCUT2D eigenvalue weighted by molar-refractivity contribution is 6.03. The molecular formula is C35H46N4O4. The number of nitrogens with zero attached hydrogens (tertiary/aromatic N) is 1. The van der Waals surface area contributed by atoms with Crippen molar-refractivity contribution in [2.24, 2.45) is 5.92 Å². The number of carbonyl (C=O) groups is 3. The van der Waals surface area contributed by atoms with Crippen LogP contribution in [0.3, 0.4) is 0 Å². The van der Waals surface area contributed by atoms with Crippen LogP contribution in [0.25, 0.3) is 10.8 Å². The molecule has 0 bridgehead atoms. The van der Waals surface area contributed by atoms with Crippen LogP contribution in [-0.4, -0.2) is 67.5 Å². The third-order valence-corrected chi connectivity index (χ3v) is 8.15. The molecule has 0 saturated carbocycles. The fraction of sp³-hybridized carbons (Fsp3) is 0.457. The first-order chi connectivity index (χ1) is 21.0. The van der Waals surface area contributed by atoms with Gasteiger partial charge in [0.1, 0.15) is 18.4 Å². The van der Waals surface area contributed by atoms with Crippen LogP contribution in [0.15, 0.2) is 72.8 Å². The molecule has 0 aromatic heterocycles. The number of para-hydroxylation sites is 1. The van der Waals surface area contributed by atoms with Crippen molar-refractivity contribution in [1.82, 2.24) is 20.9 Å². The zero-order valence-corrected chi connectivity index (χ0v) is 25.5. The lowest BCUT2D eigenvalue weighted by Crippen LogP contribution is -2.58. The van der Waals surface area contributed by atoms with Crippen LogP contribution in [0.1, 0.15) is 51.5 Å². The largest absolute Gasteiger partial charge is 0.492 e. The van der Waals surface area contributed by atoms with Crippen LogP contribution < -0.4 is 20.7 Å². The molecule has 0 unspecified atom stereocenters. The maximum Gasteiger partial charge on any atom is 0.247 e. The highest BCUT2D eigenvalue weighted by atomic mass is 16.5. The fourth-order valence-corrected chi connectivity index (χ4v) is 5.63. The van der Waals surface area contributed by atoms with E-state index < -0.39 is 12.1 Å². The van der Waals surface area contributed by atoms with Crippen molar-refractivity contribution >= 4 is 28.5 Å². The van der Waals surface area contributed by atoms with Crippen molar-refractivity contribution in [2.75, 3.05) is 32.8 Å². The summed E-state index contributed by atoms with van der Waals surface area (Å²) >= 11 is 0. The van der Waals surface area contributed by atoms with Gasteiger partial charge in [-0.15, -0.1) is 0 Å². The van der Waals surface area contributed by atoms with Crippen molar-refractivity contribution < 1.29 is 19.1 Å². The summed E-state index contributed by atoms with van der Waals surface area (Å²) in [6.45, 7) is 7.02. The molecule has 3 N–H and O–H groups in total. The van der Waals surface area contributed by atoms with E-state index in [2.05, 4.69) is 22.0 Å². The summed E-state index contributed by atoms with van der Waals surface area (Å²) in [7, 11) is 0. The monoisotopic (exact) mass is 586 g/mol. The molecular weight excluding hydrogens is 540 g/mol. The van der Waals surface area contributed by atoms with E-state index in [-0.39, 0.29) is 30.1 Å². The topological polar surface area (TPSA) is 99.8 Å². The quantitative estimate of drug-likeness (QED) is 0.214. The molecule has 1 fully saturated rings. The zero-order chi connectivity index (χ0) is 30.4. The number of ether oxygens (including phenoxy) is 1. The highest BCUT2D eigenvalue weighted by Crippen LogP contribution is 2.23. The maximum absolute atomic E-state index is 13.9. The molecule has 3 amide bonds. The second-order valence-electron chi connectivity index (χ2n) is 11.2. The lowest BCUT2D eigenvalue weighted by molar-refractivity contribution is -0.155. The van der Waals surface area contributed by atoms with Gasteiger partial charge in [0.2, 0.25) is 17.7 Å². The van der Waals surface area contributed by atoms with Gasteiger partial charge in [-0.2, -0.15) is 0 Å². The average Bonchev–Trinajstić information content (AvgIpc) is 3.58. The third-order valence-electron chi connectivity index (χ3n) is 8.15. The van der Waals surface area contributed by atoms with Gasteiger partial charge in [0.15, 0.2) is 0 Å². The number of hydrogen-bond donors (Lipinski definition) is 3. The predicted octanol–water partition coefficient (Wildman–Crippen LogP) is 4.47. The van der Waals surface area contributed by atoms with Crippen LogP contribution in [0.2, 0.25) is 0 Å². The molecule has 43 heavy (non-hydrogen) atoms. The molecule has 3 aromatic rings. The number of hydrogen-bond acceptors (Lipinski definition) is 6. The maximum atomic E-state index is 13.9. The van der Waals surface area contributed by atoms with Gasteiger partial charge in [0.05, 0.1) is 6.04 Å². The number of fused-ring (bicyclic) bond motifs is 1. The van der Waals surface area contributed by atoms with Crippen molar-refractivity contribution in [3.05, 3.63) is 78.4 Å². The molecule has 0 aliphatic carbocycles. The van der Waals surface area contributed by atoms with Crippen molar-refractivity contribution in [3.8, 4) is 5.75 Å². The average molecular weight is 587 g/mol. The summed E-state index contributed by atoms with van der Waals surface area (Å²) in [5.74, 6) is -0.338. The number of benzene rings is 3. The molecule has 3 aromatic carbocycles. The Bertz CT molecular complexity index is 1310. The Hall–Kier alpha value is -3.75. The Morgan fingerprint density at radius 1 is 0.930 bits per heavy atom. The summed E-state index contributed by atoms with van der Waals surface area (Å²) in [6.07, 6.45) is 3.72. The molecule has 8 heteroatoms. The van der Waals surface area contributed by atoms with Crippen LogP contribution in [-0.2, 0) is 20.8 Å². The van der Waals surface area contributed by atoms with Crippen molar-refractivity contribution in [2.45, 2.75) is 64.5 Å². The molecule has 4 rings (SSSR count). The Labute approximate surface area is 255 Å². The molecule has 230 valence electrons. The summed E-state index contributed by atoms with van der Waals surface area (Å²) in [6, 6.07) is 22.4. The predicted molar refractivity (Wildman–Crippen MR) is 171 cm³/mol. The number of carbonyl (C=O) groups excluding carboxylic acids is 3. The molecule has 0 spiro atoms. The van der Waals surface area contributed by atoms with E-state index in [0.29, 0.717) is 51.9 Å². The Kier molecular flexibility index (Phi) is 12.5. The molecule has 2 atom stereocenters. The van der Waals surface area contributed by atoms with E-state index in [0.717, 1.165) is 35.1 Å². The molecule has 1 heterocycles. The normalized spacial score (nSPS) is 15.4. The van der Waals surface area contributed by atoms with Gasteiger partial charge in [-0.1, -0.05) is 74.5 Å². The first kappa shape index (κ1) is 32.2. The highest BCUT2D eigenvalue weighted by Gasteiger charge is 2.40. The lowest BCUT2D eigenvalue weighted by atomic mass is 9.96. The zero-order valence-electron chi connectivity index (χ0n) is 25.5. The van der Waals surface area contributed by atoms with Crippen LogP contribution >= 0.6 is 0 Å². The van der Waals surface area contributed by atoms with E-state index in [9.17, 15) is 14.4 Å². The summed E-state index contributed by atoms with van der Waals surface area (Å²) in [5.41, 5.74) is 0.911. The lowest BCUT2D eigenvalue weighted by Gasteiger charge is -2.33. The summed E-state index contributed by atoms with van der Waals surface area (Å²) < 4.78 is 5.71. The van der Waals surface area contributed by atoms with E-state index in [1.165, 1.54) is 4.90 Å². The van der Waals surface area contributed by atoms with Gasteiger partial charge in [-0.3, -0.25) is 19.3 Å². The minimum Gasteiger partial charge on any atom is -0.492 e. The SMILES string of the molecule is CCC(CC)C(=O)N(C(=O)[C@@H]1CCCN1)[C@H](Cc1ccc2ccccc2c1)C(=O)NCCCNCCOc1ccccc1. The fourth-order valence-electron chi connectivity index (χ4n) is 5.63. The van der Waals surface area contributed by atoms with E-state index in [4.69, 9.17) is 4.74 Å². The van der Waals surface area contributed by atoms with E-state index in [1.54, 1.807) is 0 Å². The number of amides is 3. The molecule has 1 aliphatic heterocycles. The van der Waals surface area contributed by atoms with Gasteiger partial charge in [0, 0.05) is 25.4 Å². The minimum absolute atomic E-state index is 0.260. The Balaban J connectivity index is 1.44. The smallest absolute Gasteiger partial charge is 0.247 e. The summed E-state index contributed by atoms with van der Waals surface area (Å²) in [4.78, 5) is 42.9. The molecule has 1 saturated heterocycles. The van der Waals surface area contributed by atoms with E-state index in [1.807, 2.05) is 80.6 Å². The van der Waals surface area contributed by atoms with Gasteiger partial charge in [-0.25, -0.2) is 0 Å². The number of nitrogens with one attached hydrogen (secondary N) is 3. The van der Waals surface area contributed by atoms with Crippen molar-refractivity contribution in [3.63, 3.8) is 0 Å². The van der Waals surface area contributed by atoms with Crippen molar-refractivity contribution in [1.29, 1.82) is 0 Å². The Morgan fingerprint density at radius 2 is 1.67 bits per heavy atom. The standard InChI is InChI=1S/C35H46N4O4/c1-3-27(4-2)34(41)39(35(42)31-16-10-20-37-31)32(25-26-17-18-28-12-8-9-13-29(28)24-26)33(40)38-21-11-19-36-22-23-43-30-14-6-5-7-15-30/h5-9,12-15,17-18,24,27,31-32,36-37H,3-4,10-11,16,19-23,25H2,1-2H3,(H,38,40)/t31-,32+/m0/s1. The van der Waals surface area contributed by atoms with Gasteiger partial charge in [-0.05, 0) is 73.7 Å². The molecule has 8 nitrogen and oxygen atoms in total. The number of rotatable bonds is 16. The first-order valence-electron chi connectivity index (χ1n) is 15.8. The first-order valence-corrected chi connectivity index (χ1v) is 15.8. The van der Waals surface area contributed by atoms with Crippen LogP contribution in [0.5, 0.6) is 5.75 Å². The van der Waals surface area contributed by atoms with E-state index >= 15 is 0 Å².